The zero-order chi connectivity index (χ0) is 14.8. The largest absolute Gasteiger partial charge is 0.439 e. The highest BCUT2D eigenvalue weighted by atomic mass is 32.2. The van der Waals surface area contributed by atoms with Gasteiger partial charge in [0.1, 0.15) is 5.75 Å². The maximum Gasteiger partial charge on any atom is 0.219 e. The predicted octanol–water partition coefficient (Wildman–Crippen LogP) is 2.33. The van der Waals surface area contributed by atoms with Crippen LogP contribution in [0.5, 0.6) is 11.6 Å². The molecule has 1 heterocycles. The third-order valence-electron chi connectivity index (χ3n) is 2.70. The highest BCUT2D eigenvalue weighted by Crippen LogP contribution is 2.24. The summed E-state index contributed by atoms with van der Waals surface area (Å²) < 4.78 is 28.5. The molecule has 0 radical (unpaired) electrons. The van der Waals surface area contributed by atoms with Crippen molar-refractivity contribution in [1.29, 1.82) is 0 Å². The molecule has 1 aromatic heterocycles. The zero-order valence-corrected chi connectivity index (χ0v) is 12.0. The summed E-state index contributed by atoms with van der Waals surface area (Å²) in [7, 11) is -3.28. The number of rotatable bonds is 4. The van der Waals surface area contributed by atoms with Gasteiger partial charge >= 0.3 is 0 Å². The van der Waals surface area contributed by atoms with Crippen LogP contribution in [0.2, 0.25) is 0 Å². The summed E-state index contributed by atoms with van der Waals surface area (Å²) in [6.07, 6.45) is 2.04. The smallest absolute Gasteiger partial charge is 0.219 e. The third kappa shape index (κ3) is 3.55. The van der Waals surface area contributed by atoms with Crippen LogP contribution in [-0.4, -0.2) is 24.8 Å². The Morgan fingerprint density at radius 2 is 2.00 bits per heavy atom. The van der Waals surface area contributed by atoms with E-state index < -0.39 is 15.9 Å². The lowest BCUT2D eigenvalue weighted by Gasteiger charge is -2.09. The lowest BCUT2D eigenvalue weighted by atomic mass is 10.2. The minimum atomic E-state index is -3.28. The topological polar surface area (TPSA) is 76.5 Å². The maximum absolute atomic E-state index is 11.5. The highest BCUT2D eigenvalue weighted by molar-refractivity contribution is 7.90. The Morgan fingerprint density at radius 3 is 2.65 bits per heavy atom. The van der Waals surface area contributed by atoms with Crippen LogP contribution in [0.4, 0.5) is 0 Å². The van der Waals surface area contributed by atoms with Crippen molar-refractivity contribution in [2.75, 3.05) is 6.26 Å². The van der Waals surface area contributed by atoms with E-state index in [1.807, 2.05) is 0 Å². The molecule has 106 valence electrons. The molecule has 0 aliphatic rings. The number of aliphatic hydroxyl groups is 1. The van der Waals surface area contributed by atoms with Crippen LogP contribution in [0.25, 0.3) is 0 Å². The summed E-state index contributed by atoms with van der Waals surface area (Å²) in [6, 6.07) is 9.48. The number of nitrogens with zero attached hydrogens (tertiary/aromatic N) is 1. The Bertz CT molecular complexity index is 711. The molecule has 0 aliphatic carbocycles. The average molecular weight is 293 g/mol. The van der Waals surface area contributed by atoms with Gasteiger partial charge in [0, 0.05) is 18.5 Å². The monoisotopic (exact) mass is 293 g/mol. The van der Waals surface area contributed by atoms with Crippen molar-refractivity contribution in [3.05, 3.63) is 48.2 Å². The van der Waals surface area contributed by atoms with Gasteiger partial charge in [-0.05, 0) is 36.8 Å². The van der Waals surface area contributed by atoms with Gasteiger partial charge in [-0.15, -0.1) is 0 Å². The summed E-state index contributed by atoms with van der Waals surface area (Å²) in [6.45, 7) is 1.64. The van der Waals surface area contributed by atoms with Crippen LogP contribution in [0.1, 0.15) is 18.6 Å². The van der Waals surface area contributed by atoms with Crippen molar-refractivity contribution in [2.24, 2.45) is 0 Å². The summed E-state index contributed by atoms with van der Waals surface area (Å²) in [5.74, 6) is 0.678. The fraction of sp³-hybridized carbons (Fsp3) is 0.214. The molecular formula is C14H15NO4S. The number of benzene rings is 1. The molecule has 0 bridgehead atoms. The molecule has 1 N–H and O–H groups in total. The Hall–Kier alpha value is -1.92. The first-order valence-corrected chi connectivity index (χ1v) is 7.87. The molecule has 2 aromatic rings. The molecule has 0 aliphatic heterocycles. The van der Waals surface area contributed by atoms with E-state index in [4.69, 9.17) is 4.74 Å². The molecule has 0 fully saturated rings. The molecule has 1 atom stereocenters. The van der Waals surface area contributed by atoms with E-state index in [0.29, 0.717) is 17.2 Å². The SMILES string of the molecule is C[C@H](O)c1ccnc(Oc2cccc(S(C)(=O)=O)c2)c1. The van der Waals surface area contributed by atoms with E-state index in [0.717, 1.165) is 6.26 Å². The van der Waals surface area contributed by atoms with Gasteiger partial charge in [0.15, 0.2) is 9.84 Å². The molecule has 20 heavy (non-hydrogen) atoms. The van der Waals surface area contributed by atoms with Crippen LogP contribution < -0.4 is 4.74 Å². The van der Waals surface area contributed by atoms with Crippen LogP contribution in [-0.2, 0) is 9.84 Å². The number of sulfone groups is 1. The molecule has 0 spiro atoms. The second kappa shape index (κ2) is 5.60. The molecule has 2 rings (SSSR count). The van der Waals surface area contributed by atoms with Crippen LogP contribution in [0.3, 0.4) is 0 Å². The van der Waals surface area contributed by atoms with Crippen molar-refractivity contribution in [3.8, 4) is 11.6 Å². The van der Waals surface area contributed by atoms with Crippen LogP contribution >= 0.6 is 0 Å². The van der Waals surface area contributed by atoms with Crippen LogP contribution in [0, 0.1) is 0 Å². The first-order chi connectivity index (χ1) is 9.36. The average Bonchev–Trinajstić information content (AvgIpc) is 2.38. The quantitative estimate of drug-likeness (QED) is 0.936. The van der Waals surface area contributed by atoms with E-state index >= 15 is 0 Å². The molecule has 0 amide bonds. The lowest BCUT2D eigenvalue weighted by Crippen LogP contribution is -1.98. The molecule has 0 saturated carbocycles. The van der Waals surface area contributed by atoms with Gasteiger partial charge in [0.2, 0.25) is 5.88 Å². The molecular weight excluding hydrogens is 278 g/mol. The minimum absolute atomic E-state index is 0.182. The van der Waals surface area contributed by atoms with Crippen molar-refractivity contribution in [2.45, 2.75) is 17.9 Å². The minimum Gasteiger partial charge on any atom is -0.439 e. The molecule has 0 saturated heterocycles. The molecule has 6 heteroatoms. The second-order valence-corrected chi connectivity index (χ2v) is 6.47. The molecule has 0 unspecified atom stereocenters. The van der Waals surface area contributed by atoms with Gasteiger partial charge in [-0.3, -0.25) is 0 Å². The summed E-state index contributed by atoms with van der Waals surface area (Å²) >= 11 is 0. The van der Waals surface area contributed by atoms with E-state index in [2.05, 4.69) is 4.98 Å². The van der Waals surface area contributed by atoms with Crippen molar-refractivity contribution < 1.29 is 18.3 Å². The normalized spacial score (nSPS) is 12.9. The van der Waals surface area contributed by atoms with Gasteiger partial charge in [0.25, 0.3) is 0 Å². The van der Waals surface area contributed by atoms with Gasteiger partial charge in [-0.2, -0.15) is 0 Å². The van der Waals surface area contributed by atoms with Crippen molar-refractivity contribution in [1.82, 2.24) is 4.98 Å². The lowest BCUT2D eigenvalue weighted by molar-refractivity contribution is 0.198. The first-order valence-electron chi connectivity index (χ1n) is 5.98. The van der Waals surface area contributed by atoms with Gasteiger partial charge < -0.3 is 9.84 Å². The number of aromatic nitrogens is 1. The van der Waals surface area contributed by atoms with Crippen LogP contribution in [0.15, 0.2) is 47.5 Å². The fourth-order valence-electron chi connectivity index (χ4n) is 1.63. The van der Waals surface area contributed by atoms with E-state index in [1.54, 1.807) is 31.2 Å². The Morgan fingerprint density at radius 1 is 1.25 bits per heavy atom. The number of aliphatic hydroxyl groups excluding tert-OH is 1. The summed E-state index contributed by atoms with van der Waals surface area (Å²) in [4.78, 5) is 4.21. The summed E-state index contributed by atoms with van der Waals surface area (Å²) in [5.41, 5.74) is 0.675. The molecule has 5 nitrogen and oxygen atoms in total. The Kier molecular flexibility index (Phi) is 4.06. The Balaban J connectivity index is 2.29. The highest BCUT2D eigenvalue weighted by Gasteiger charge is 2.09. The van der Waals surface area contributed by atoms with E-state index in [9.17, 15) is 13.5 Å². The number of hydrogen-bond acceptors (Lipinski definition) is 5. The number of hydrogen-bond donors (Lipinski definition) is 1. The number of ether oxygens (including phenoxy) is 1. The van der Waals surface area contributed by atoms with Gasteiger partial charge in [-0.25, -0.2) is 13.4 Å². The standard InChI is InChI=1S/C14H15NO4S/c1-10(16)11-6-7-15-14(8-11)19-12-4-3-5-13(9-12)20(2,17)18/h3-10,16H,1-2H3/t10-/m0/s1. The predicted molar refractivity (Wildman–Crippen MR) is 74.5 cm³/mol. The van der Waals surface area contributed by atoms with E-state index in [-0.39, 0.29) is 4.90 Å². The van der Waals surface area contributed by atoms with Gasteiger partial charge in [-0.1, -0.05) is 6.07 Å². The summed E-state index contributed by atoms with van der Waals surface area (Å²) in [5, 5.41) is 9.50. The zero-order valence-electron chi connectivity index (χ0n) is 11.1. The van der Waals surface area contributed by atoms with E-state index in [1.165, 1.54) is 18.3 Å². The maximum atomic E-state index is 11.5. The third-order valence-corrected chi connectivity index (χ3v) is 3.81. The fourth-order valence-corrected chi connectivity index (χ4v) is 2.29. The molecule has 1 aromatic carbocycles. The van der Waals surface area contributed by atoms with Gasteiger partial charge in [0.05, 0.1) is 11.0 Å². The van der Waals surface area contributed by atoms with Crippen molar-refractivity contribution >= 4 is 9.84 Å². The number of pyridine rings is 1. The Labute approximate surface area is 117 Å². The first kappa shape index (κ1) is 14.5. The second-order valence-electron chi connectivity index (χ2n) is 4.45. The van der Waals surface area contributed by atoms with Crippen molar-refractivity contribution in [3.63, 3.8) is 0 Å².